The first kappa shape index (κ1) is 15.5. The van der Waals surface area contributed by atoms with Crippen molar-refractivity contribution in [2.75, 3.05) is 13.1 Å². The number of piperidine rings is 1. The predicted molar refractivity (Wildman–Crippen MR) is 78.4 cm³/mol. The van der Waals surface area contributed by atoms with E-state index in [0.29, 0.717) is 6.04 Å². The van der Waals surface area contributed by atoms with Crippen LogP contribution in [0.5, 0.6) is 0 Å². The van der Waals surface area contributed by atoms with Crippen LogP contribution < -0.4 is 10.6 Å². The van der Waals surface area contributed by atoms with Crippen LogP contribution in [0.2, 0.25) is 0 Å². The summed E-state index contributed by atoms with van der Waals surface area (Å²) in [6.07, 6.45) is 3.97. The van der Waals surface area contributed by atoms with Crippen LogP contribution in [-0.4, -0.2) is 29.6 Å². The summed E-state index contributed by atoms with van der Waals surface area (Å²) in [5, 5.41) is 6.39. The second kappa shape index (κ2) is 7.16. The van der Waals surface area contributed by atoms with Crippen LogP contribution >= 0.6 is 28.3 Å². The highest BCUT2D eigenvalue weighted by molar-refractivity contribution is 9.10. The lowest BCUT2D eigenvalue weighted by molar-refractivity contribution is 0.0920. The van der Waals surface area contributed by atoms with Gasteiger partial charge >= 0.3 is 0 Å². The van der Waals surface area contributed by atoms with Crippen molar-refractivity contribution >= 4 is 34.2 Å². The molecule has 1 saturated heterocycles. The minimum Gasteiger partial charge on any atom is -0.348 e. The fourth-order valence-electron chi connectivity index (χ4n) is 2.15. The Morgan fingerprint density at radius 2 is 2.22 bits per heavy atom. The molecule has 1 fully saturated rings. The van der Waals surface area contributed by atoms with Crippen LogP contribution in [0.1, 0.15) is 30.3 Å². The van der Waals surface area contributed by atoms with Crippen LogP contribution in [0.4, 0.5) is 0 Å². The molecule has 0 unspecified atom stereocenters. The fourth-order valence-corrected chi connectivity index (χ4v) is 2.62. The van der Waals surface area contributed by atoms with Gasteiger partial charge in [0.1, 0.15) is 5.69 Å². The number of carbonyl (C=O) groups excluding carboxylic acids is 1. The topological polar surface area (TPSA) is 46.1 Å². The highest BCUT2D eigenvalue weighted by Crippen LogP contribution is 2.15. The second-order valence-electron chi connectivity index (χ2n) is 4.33. The van der Waals surface area contributed by atoms with Gasteiger partial charge in [0.15, 0.2) is 0 Å². The third-order valence-electron chi connectivity index (χ3n) is 3.11. The first-order chi connectivity index (χ1) is 8.20. The van der Waals surface area contributed by atoms with Crippen molar-refractivity contribution in [3.63, 3.8) is 0 Å². The molecule has 0 radical (unpaired) electrons. The van der Waals surface area contributed by atoms with Gasteiger partial charge in [-0.1, -0.05) is 0 Å². The Morgan fingerprint density at radius 3 is 2.83 bits per heavy atom. The van der Waals surface area contributed by atoms with E-state index >= 15 is 0 Å². The number of amides is 1. The molecule has 0 aromatic carbocycles. The van der Waals surface area contributed by atoms with Gasteiger partial charge in [0.25, 0.3) is 5.91 Å². The molecule has 1 aromatic heterocycles. The molecule has 1 aliphatic rings. The van der Waals surface area contributed by atoms with Crippen molar-refractivity contribution in [1.29, 1.82) is 0 Å². The zero-order valence-electron chi connectivity index (χ0n) is 10.4. The molecule has 2 rings (SSSR count). The van der Waals surface area contributed by atoms with E-state index in [9.17, 15) is 4.79 Å². The van der Waals surface area contributed by atoms with Crippen molar-refractivity contribution in [1.82, 2.24) is 15.2 Å². The zero-order valence-corrected chi connectivity index (χ0v) is 12.8. The Bertz CT molecular complexity index is 402. The monoisotopic (exact) mass is 335 g/mol. The zero-order chi connectivity index (χ0) is 12.3. The highest BCUT2D eigenvalue weighted by Gasteiger charge is 2.18. The maximum atomic E-state index is 12.1. The molecule has 18 heavy (non-hydrogen) atoms. The summed E-state index contributed by atoms with van der Waals surface area (Å²) < 4.78 is 2.91. The van der Waals surface area contributed by atoms with E-state index in [1.165, 1.54) is 0 Å². The molecule has 4 nitrogen and oxygen atoms in total. The van der Waals surface area contributed by atoms with Gasteiger partial charge in [0.2, 0.25) is 0 Å². The molecule has 0 atom stereocenters. The molecule has 6 heteroatoms. The van der Waals surface area contributed by atoms with E-state index in [2.05, 4.69) is 26.6 Å². The molecule has 2 N–H and O–H groups in total. The number of halogens is 2. The lowest BCUT2D eigenvalue weighted by atomic mass is 10.1. The molecule has 1 aliphatic heterocycles. The molecule has 0 bridgehead atoms. The Kier molecular flexibility index (Phi) is 6.18. The van der Waals surface area contributed by atoms with Crippen LogP contribution in [0.3, 0.4) is 0 Å². The van der Waals surface area contributed by atoms with Crippen molar-refractivity contribution in [2.45, 2.75) is 32.4 Å². The van der Waals surface area contributed by atoms with Crippen LogP contribution in [0.25, 0.3) is 0 Å². The quantitative estimate of drug-likeness (QED) is 0.888. The largest absolute Gasteiger partial charge is 0.348 e. The molecule has 0 saturated carbocycles. The summed E-state index contributed by atoms with van der Waals surface area (Å²) in [4.78, 5) is 12.1. The van der Waals surface area contributed by atoms with E-state index in [4.69, 9.17) is 0 Å². The van der Waals surface area contributed by atoms with Gasteiger partial charge in [-0.2, -0.15) is 0 Å². The standard InChI is InChI=1S/C12H18BrN3O.ClH/c1-2-16-8-9(13)7-11(16)12(17)15-10-3-5-14-6-4-10;/h7-8,10,14H,2-6H2,1H3,(H,15,17);1H. The maximum absolute atomic E-state index is 12.1. The number of aromatic nitrogens is 1. The van der Waals surface area contributed by atoms with Crippen molar-refractivity contribution in [3.8, 4) is 0 Å². The maximum Gasteiger partial charge on any atom is 0.268 e. The number of aryl methyl sites for hydroxylation is 1. The van der Waals surface area contributed by atoms with Gasteiger partial charge < -0.3 is 15.2 Å². The molecule has 0 aliphatic carbocycles. The van der Waals surface area contributed by atoms with Crippen LogP contribution in [0, 0.1) is 0 Å². The Labute approximate surface area is 122 Å². The average molecular weight is 337 g/mol. The molecule has 0 spiro atoms. The third-order valence-corrected chi connectivity index (χ3v) is 3.54. The highest BCUT2D eigenvalue weighted by atomic mass is 79.9. The van der Waals surface area contributed by atoms with Crippen LogP contribution in [-0.2, 0) is 6.54 Å². The van der Waals surface area contributed by atoms with E-state index < -0.39 is 0 Å². The number of nitrogens with zero attached hydrogens (tertiary/aromatic N) is 1. The predicted octanol–water partition coefficient (Wildman–Crippen LogP) is 2.17. The van der Waals surface area contributed by atoms with Crippen LogP contribution in [0.15, 0.2) is 16.7 Å². The molecule has 1 aromatic rings. The molecule has 102 valence electrons. The summed E-state index contributed by atoms with van der Waals surface area (Å²) in [6, 6.07) is 2.18. The van der Waals surface area contributed by atoms with Crippen molar-refractivity contribution in [3.05, 3.63) is 22.4 Å². The summed E-state index contributed by atoms with van der Waals surface area (Å²) >= 11 is 3.41. The first-order valence-electron chi connectivity index (χ1n) is 6.08. The summed E-state index contributed by atoms with van der Waals surface area (Å²) in [5.74, 6) is 0.0319. The van der Waals surface area contributed by atoms with Gasteiger partial charge in [-0.25, -0.2) is 0 Å². The first-order valence-corrected chi connectivity index (χ1v) is 6.87. The van der Waals surface area contributed by atoms with E-state index in [0.717, 1.165) is 42.6 Å². The minimum atomic E-state index is 0. The fraction of sp³-hybridized carbons (Fsp3) is 0.583. The lowest BCUT2D eigenvalue weighted by Gasteiger charge is -2.23. The van der Waals surface area contributed by atoms with E-state index in [1.54, 1.807) is 0 Å². The smallest absolute Gasteiger partial charge is 0.268 e. The normalized spacial score (nSPS) is 16.1. The summed E-state index contributed by atoms with van der Waals surface area (Å²) in [7, 11) is 0. The summed E-state index contributed by atoms with van der Waals surface area (Å²) in [5.41, 5.74) is 0.734. The minimum absolute atomic E-state index is 0. The Balaban J connectivity index is 0.00000162. The second-order valence-corrected chi connectivity index (χ2v) is 5.24. The van der Waals surface area contributed by atoms with Crippen molar-refractivity contribution < 1.29 is 4.79 Å². The number of carbonyl (C=O) groups is 1. The summed E-state index contributed by atoms with van der Waals surface area (Å²) in [6.45, 7) is 4.82. The molecule has 2 heterocycles. The lowest BCUT2D eigenvalue weighted by Crippen LogP contribution is -2.43. The number of hydrogen-bond donors (Lipinski definition) is 2. The van der Waals surface area contributed by atoms with E-state index in [-0.39, 0.29) is 18.3 Å². The number of nitrogens with one attached hydrogen (secondary N) is 2. The molecule has 1 amide bonds. The molecular weight excluding hydrogens is 318 g/mol. The Morgan fingerprint density at radius 1 is 1.56 bits per heavy atom. The SMILES string of the molecule is CCn1cc(Br)cc1C(=O)NC1CCNCC1.Cl. The Hall–Kier alpha value is -0.520. The molecular formula is C12H19BrClN3O. The van der Waals surface area contributed by atoms with Gasteiger partial charge in [-0.05, 0) is 54.9 Å². The van der Waals surface area contributed by atoms with Gasteiger partial charge in [-0.15, -0.1) is 12.4 Å². The van der Waals surface area contributed by atoms with E-state index in [1.807, 2.05) is 23.8 Å². The van der Waals surface area contributed by atoms with Gasteiger partial charge in [0, 0.05) is 23.3 Å². The number of rotatable bonds is 3. The number of hydrogen-bond acceptors (Lipinski definition) is 2. The average Bonchev–Trinajstić information content (AvgIpc) is 2.72. The third kappa shape index (κ3) is 3.73. The van der Waals surface area contributed by atoms with Gasteiger partial charge in [-0.3, -0.25) is 4.79 Å². The van der Waals surface area contributed by atoms with Gasteiger partial charge in [0.05, 0.1) is 0 Å². The van der Waals surface area contributed by atoms with Crippen molar-refractivity contribution in [2.24, 2.45) is 0 Å².